The molecule has 6 heteroatoms. The van der Waals surface area contributed by atoms with Crippen molar-refractivity contribution in [1.29, 1.82) is 0 Å². The summed E-state index contributed by atoms with van der Waals surface area (Å²) in [7, 11) is 0. The van der Waals surface area contributed by atoms with E-state index in [1.54, 1.807) is 0 Å². The van der Waals surface area contributed by atoms with Crippen LogP contribution in [0.1, 0.15) is 245 Å². The van der Waals surface area contributed by atoms with Crippen molar-refractivity contribution in [1.82, 2.24) is 4.90 Å². The van der Waals surface area contributed by atoms with Crippen LogP contribution in [0, 0.1) is 0 Å². The summed E-state index contributed by atoms with van der Waals surface area (Å²) < 4.78 is 5.42. The SMILES string of the molecule is CCCCCCCCCCOC(=O)CCCCCCCC=CCCCCCCCCN1C(CCCCCCCC=CCCCCCCCC(=O)O)=NCC1C. The number of unbranched alkanes of at least 4 members (excludes halogenated alkanes) is 28. The lowest BCUT2D eigenvalue weighted by Gasteiger charge is -2.25. The number of aliphatic imine (C=N–C) groups is 1. The normalized spacial score (nSPS) is 14.5. The predicted octanol–water partition coefficient (Wildman–Crippen LogP) is 14.9. The number of hydrogen-bond acceptors (Lipinski definition) is 5. The van der Waals surface area contributed by atoms with Crippen LogP contribution in [0.5, 0.6) is 0 Å². The van der Waals surface area contributed by atoms with Gasteiger partial charge in [0.25, 0.3) is 0 Å². The van der Waals surface area contributed by atoms with Crippen molar-refractivity contribution < 1.29 is 19.4 Å². The van der Waals surface area contributed by atoms with E-state index in [9.17, 15) is 9.59 Å². The number of carboxylic acid groups (broad SMARTS) is 1. The van der Waals surface area contributed by atoms with Gasteiger partial charge in [0.2, 0.25) is 0 Å². The summed E-state index contributed by atoms with van der Waals surface area (Å²) in [6.45, 7) is 7.39. The van der Waals surface area contributed by atoms with Crippen molar-refractivity contribution in [3.05, 3.63) is 24.3 Å². The van der Waals surface area contributed by atoms with E-state index in [2.05, 4.69) is 43.1 Å². The highest BCUT2D eigenvalue weighted by Crippen LogP contribution is 2.19. The molecule has 1 atom stereocenters. The highest BCUT2D eigenvalue weighted by molar-refractivity contribution is 5.84. The molecule has 1 aliphatic heterocycles. The Bertz CT molecular complexity index is 961. The second-order valence-corrected chi connectivity index (χ2v) is 16.7. The minimum atomic E-state index is -0.669. The maximum absolute atomic E-state index is 11.9. The van der Waals surface area contributed by atoms with Crippen molar-refractivity contribution in [2.75, 3.05) is 19.7 Å². The van der Waals surface area contributed by atoms with E-state index in [1.807, 2.05) is 0 Å². The van der Waals surface area contributed by atoms with Gasteiger partial charge >= 0.3 is 11.9 Å². The molecule has 0 aromatic heterocycles. The van der Waals surface area contributed by atoms with Gasteiger partial charge in [-0.1, -0.05) is 160 Å². The van der Waals surface area contributed by atoms with Gasteiger partial charge in [-0.3, -0.25) is 14.6 Å². The minimum absolute atomic E-state index is 0.00348. The molecular weight excluding hydrogens is 681 g/mol. The number of rotatable bonds is 42. The lowest BCUT2D eigenvalue weighted by molar-refractivity contribution is -0.144. The van der Waals surface area contributed by atoms with Gasteiger partial charge in [0.1, 0.15) is 0 Å². The number of carbonyl (C=O) groups excluding carboxylic acids is 1. The third-order valence-electron chi connectivity index (χ3n) is 11.3. The summed E-state index contributed by atoms with van der Waals surface area (Å²) in [4.78, 5) is 30.0. The molecule has 0 fully saturated rings. The Morgan fingerprint density at radius 1 is 0.582 bits per heavy atom. The molecule has 1 aliphatic rings. The highest BCUT2D eigenvalue weighted by Gasteiger charge is 2.22. The zero-order chi connectivity index (χ0) is 39.7. The summed E-state index contributed by atoms with van der Waals surface area (Å²) >= 11 is 0. The van der Waals surface area contributed by atoms with E-state index in [4.69, 9.17) is 14.8 Å². The van der Waals surface area contributed by atoms with Gasteiger partial charge in [-0.15, -0.1) is 0 Å². The average molecular weight is 771 g/mol. The van der Waals surface area contributed by atoms with Gasteiger partial charge in [-0.05, 0) is 90.4 Å². The van der Waals surface area contributed by atoms with Crippen molar-refractivity contribution >= 4 is 17.8 Å². The van der Waals surface area contributed by atoms with E-state index in [-0.39, 0.29) is 5.97 Å². The lowest BCUT2D eigenvalue weighted by Crippen LogP contribution is -2.35. The van der Waals surface area contributed by atoms with Crippen molar-refractivity contribution in [3.8, 4) is 0 Å². The second kappa shape index (κ2) is 40.1. The first-order chi connectivity index (χ1) is 27.0. The van der Waals surface area contributed by atoms with Crippen LogP contribution in [-0.2, 0) is 14.3 Å². The summed E-state index contributed by atoms with van der Waals surface area (Å²) in [5.74, 6) is 0.715. The van der Waals surface area contributed by atoms with Gasteiger partial charge in [0.15, 0.2) is 0 Å². The summed E-state index contributed by atoms with van der Waals surface area (Å²) in [6.07, 6.45) is 52.6. The quantitative estimate of drug-likeness (QED) is 0.0380. The molecule has 1 unspecified atom stereocenters. The Hall–Kier alpha value is -2.11. The van der Waals surface area contributed by atoms with Gasteiger partial charge < -0.3 is 14.7 Å². The monoisotopic (exact) mass is 771 g/mol. The van der Waals surface area contributed by atoms with Crippen LogP contribution in [0.4, 0.5) is 0 Å². The fourth-order valence-electron chi connectivity index (χ4n) is 7.68. The number of amidine groups is 1. The molecule has 0 aromatic rings. The number of allylic oxidation sites excluding steroid dienone is 4. The zero-order valence-corrected chi connectivity index (χ0v) is 36.5. The molecule has 0 saturated heterocycles. The Morgan fingerprint density at radius 3 is 1.51 bits per heavy atom. The smallest absolute Gasteiger partial charge is 0.305 e. The second-order valence-electron chi connectivity index (χ2n) is 16.7. The molecule has 1 heterocycles. The van der Waals surface area contributed by atoms with E-state index in [0.717, 1.165) is 51.5 Å². The topological polar surface area (TPSA) is 79.2 Å². The Kier molecular flexibility index (Phi) is 37.1. The molecule has 0 saturated carbocycles. The first-order valence-electron chi connectivity index (χ1n) is 24.0. The molecule has 0 spiro atoms. The molecule has 0 radical (unpaired) electrons. The largest absolute Gasteiger partial charge is 0.481 e. The van der Waals surface area contributed by atoms with Crippen molar-refractivity contribution in [3.63, 3.8) is 0 Å². The lowest BCUT2D eigenvalue weighted by atomic mass is 10.1. The molecule has 6 nitrogen and oxygen atoms in total. The fraction of sp³-hybridized carbons (Fsp3) is 0.857. The first kappa shape index (κ1) is 50.9. The van der Waals surface area contributed by atoms with E-state index >= 15 is 0 Å². The Morgan fingerprint density at radius 2 is 1.00 bits per heavy atom. The molecule has 1 rings (SSSR count). The molecule has 0 aromatic carbocycles. The number of carboxylic acids is 1. The Balaban J connectivity index is 1.85. The maximum atomic E-state index is 11.9. The van der Waals surface area contributed by atoms with Gasteiger partial charge in [-0.25, -0.2) is 0 Å². The van der Waals surface area contributed by atoms with Crippen LogP contribution in [-0.4, -0.2) is 53.5 Å². The summed E-state index contributed by atoms with van der Waals surface area (Å²) in [5.41, 5.74) is 0. The molecular formula is C49H90N2O4. The molecule has 320 valence electrons. The van der Waals surface area contributed by atoms with Crippen molar-refractivity contribution in [2.45, 2.75) is 251 Å². The van der Waals surface area contributed by atoms with Crippen LogP contribution in [0.15, 0.2) is 29.3 Å². The van der Waals surface area contributed by atoms with E-state index in [1.165, 1.54) is 186 Å². The van der Waals surface area contributed by atoms with E-state index < -0.39 is 5.97 Å². The number of nitrogens with zero attached hydrogens (tertiary/aromatic N) is 2. The van der Waals surface area contributed by atoms with Gasteiger partial charge in [0, 0.05) is 31.8 Å². The van der Waals surface area contributed by atoms with Crippen LogP contribution >= 0.6 is 0 Å². The number of hydrogen-bond donors (Lipinski definition) is 1. The average Bonchev–Trinajstić information content (AvgIpc) is 3.53. The van der Waals surface area contributed by atoms with Crippen LogP contribution < -0.4 is 0 Å². The summed E-state index contributed by atoms with van der Waals surface area (Å²) in [5, 5.41) is 8.68. The van der Waals surface area contributed by atoms with Crippen LogP contribution in [0.3, 0.4) is 0 Å². The molecule has 0 amide bonds. The number of aliphatic carboxylic acids is 1. The molecule has 55 heavy (non-hydrogen) atoms. The number of carbonyl (C=O) groups is 2. The zero-order valence-electron chi connectivity index (χ0n) is 36.5. The fourth-order valence-corrected chi connectivity index (χ4v) is 7.68. The minimum Gasteiger partial charge on any atom is -0.481 e. The van der Waals surface area contributed by atoms with Gasteiger partial charge in [0.05, 0.1) is 19.0 Å². The standard InChI is InChI=1S/C49H90N2O4/c1-3-4-5-6-7-29-34-39-44-55-49(54)42-37-32-27-23-19-15-9-8-12-16-20-24-28-33-38-43-51-46(2)45-50-47(51)40-35-30-25-21-17-13-10-11-14-18-22-26-31-36-41-48(52)53/h8-11,46H,3-7,12-45H2,1-2H3,(H,52,53). The van der Waals surface area contributed by atoms with Crippen molar-refractivity contribution in [2.24, 2.45) is 4.99 Å². The number of ether oxygens (including phenoxy) is 1. The Labute approximate surface area is 341 Å². The third-order valence-corrected chi connectivity index (χ3v) is 11.3. The maximum Gasteiger partial charge on any atom is 0.305 e. The molecule has 0 bridgehead atoms. The molecule has 1 N–H and O–H groups in total. The summed E-state index contributed by atoms with van der Waals surface area (Å²) in [6, 6.07) is 0.579. The molecule has 0 aliphatic carbocycles. The van der Waals surface area contributed by atoms with Crippen LogP contribution in [0.25, 0.3) is 0 Å². The van der Waals surface area contributed by atoms with E-state index in [0.29, 0.717) is 25.5 Å². The highest BCUT2D eigenvalue weighted by atomic mass is 16.5. The number of esters is 1. The first-order valence-corrected chi connectivity index (χ1v) is 24.0. The predicted molar refractivity (Wildman–Crippen MR) is 237 cm³/mol. The third kappa shape index (κ3) is 34.8. The van der Waals surface area contributed by atoms with Gasteiger partial charge in [-0.2, -0.15) is 0 Å². The van der Waals surface area contributed by atoms with Crippen LogP contribution in [0.2, 0.25) is 0 Å².